The number of nitrogens with zero attached hydrogens (tertiary/aromatic N) is 2. The summed E-state index contributed by atoms with van der Waals surface area (Å²) < 4.78 is 6.04. The summed E-state index contributed by atoms with van der Waals surface area (Å²) in [5.41, 5.74) is 3.26. The summed E-state index contributed by atoms with van der Waals surface area (Å²) in [5, 5.41) is 0. The molecule has 0 unspecified atom stereocenters. The maximum absolute atomic E-state index is 12.8. The van der Waals surface area contributed by atoms with E-state index in [2.05, 4.69) is 15.0 Å². The number of H-pyrrole nitrogens is 1. The molecular formula is C24H21N3O3. The number of aromatic amines is 1. The standard InChI is InChI=1S/C24H21N3O3/c28-17-10-7-16(14-17)19-4-3-13-25-24(19)30-18-11-8-15(9-12-18)22(29)23-26-20-5-1-2-6-21(20)27-23/h1-2,5-6,8-9,11-13,16H,3-4,7,10,14H2,(H,26,27)/t16-/m0/s1. The highest BCUT2D eigenvalue weighted by Crippen LogP contribution is 2.35. The summed E-state index contributed by atoms with van der Waals surface area (Å²) in [5.74, 6) is 1.91. The highest BCUT2D eigenvalue weighted by Gasteiger charge is 2.29. The van der Waals surface area contributed by atoms with E-state index in [-0.39, 0.29) is 11.7 Å². The second-order valence-electron chi connectivity index (χ2n) is 7.72. The van der Waals surface area contributed by atoms with Crippen LogP contribution in [-0.4, -0.2) is 27.7 Å². The zero-order chi connectivity index (χ0) is 20.5. The summed E-state index contributed by atoms with van der Waals surface area (Å²) >= 11 is 0. The molecule has 0 spiro atoms. The van der Waals surface area contributed by atoms with Crippen molar-refractivity contribution >= 4 is 28.8 Å². The number of fused-ring (bicyclic) bond motifs is 1. The fraction of sp³-hybridized carbons (Fsp3) is 0.250. The van der Waals surface area contributed by atoms with Gasteiger partial charge in [-0.05, 0) is 67.2 Å². The normalized spacial score (nSPS) is 18.9. The first kappa shape index (κ1) is 18.5. The molecule has 1 aromatic heterocycles. The lowest BCUT2D eigenvalue weighted by Gasteiger charge is -2.20. The number of allylic oxidation sites excluding steroid dienone is 1. The molecule has 6 nitrogen and oxygen atoms in total. The molecule has 150 valence electrons. The van der Waals surface area contributed by atoms with Crippen molar-refractivity contribution in [2.24, 2.45) is 10.9 Å². The maximum atomic E-state index is 12.8. The van der Waals surface area contributed by atoms with Gasteiger partial charge in [-0.2, -0.15) is 0 Å². The smallest absolute Gasteiger partial charge is 0.228 e. The van der Waals surface area contributed by atoms with E-state index in [4.69, 9.17) is 4.74 Å². The molecule has 1 saturated carbocycles. The SMILES string of the molecule is O=C1CC[C@H](C2=C(Oc3ccc(C(=O)c4nc5ccccc5[nH]4)cc3)N=CCC2)C1. The summed E-state index contributed by atoms with van der Waals surface area (Å²) in [7, 11) is 0. The molecule has 3 aromatic rings. The minimum atomic E-state index is -0.169. The third kappa shape index (κ3) is 3.56. The average molecular weight is 399 g/mol. The van der Waals surface area contributed by atoms with Gasteiger partial charge in [-0.25, -0.2) is 9.98 Å². The van der Waals surface area contributed by atoms with Gasteiger partial charge in [0.15, 0.2) is 5.82 Å². The van der Waals surface area contributed by atoms with E-state index in [9.17, 15) is 9.59 Å². The number of para-hydroxylation sites is 2. The van der Waals surface area contributed by atoms with E-state index < -0.39 is 0 Å². The lowest BCUT2D eigenvalue weighted by atomic mass is 9.93. The predicted octanol–water partition coefficient (Wildman–Crippen LogP) is 4.62. The summed E-state index contributed by atoms with van der Waals surface area (Å²) in [4.78, 5) is 36.4. The van der Waals surface area contributed by atoms with Crippen molar-refractivity contribution in [3.63, 3.8) is 0 Å². The van der Waals surface area contributed by atoms with Crippen LogP contribution in [0, 0.1) is 5.92 Å². The van der Waals surface area contributed by atoms with Crippen molar-refractivity contribution in [1.29, 1.82) is 0 Å². The second-order valence-corrected chi connectivity index (χ2v) is 7.72. The Labute approximate surface area is 173 Å². The first-order valence-electron chi connectivity index (χ1n) is 10.2. The van der Waals surface area contributed by atoms with Crippen LogP contribution in [0.1, 0.15) is 48.3 Å². The van der Waals surface area contributed by atoms with E-state index in [1.807, 2.05) is 30.5 Å². The van der Waals surface area contributed by atoms with Crippen LogP contribution >= 0.6 is 0 Å². The van der Waals surface area contributed by atoms with Crippen LogP contribution in [-0.2, 0) is 4.79 Å². The minimum Gasteiger partial charge on any atom is -0.439 e. The van der Waals surface area contributed by atoms with Crippen molar-refractivity contribution in [2.45, 2.75) is 32.1 Å². The molecule has 0 saturated heterocycles. The average Bonchev–Trinajstić information content (AvgIpc) is 3.40. The number of carbonyl (C=O) groups excluding carboxylic acids is 2. The Hall–Kier alpha value is -3.54. The van der Waals surface area contributed by atoms with Crippen LogP contribution in [0.25, 0.3) is 11.0 Å². The van der Waals surface area contributed by atoms with E-state index >= 15 is 0 Å². The predicted molar refractivity (Wildman–Crippen MR) is 114 cm³/mol. The van der Waals surface area contributed by atoms with Crippen molar-refractivity contribution in [2.75, 3.05) is 0 Å². The molecule has 6 heteroatoms. The Kier molecular flexibility index (Phi) is 4.75. The highest BCUT2D eigenvalue weighted by molar-refractivity contribution is 6.08. The van der Waals surface area contributed by atoms with Crippen molar-refractivity contribution in [3.05, 3.63) is 71.4 Å². The fourth-order valence-electron chi connectivity index (χ4n) is 4.12. The number of aliphatic imine (C=N–C) groups is 1. The second kappa shape index (κ2) is 7.71. The van der Waals surface area contributed by atoms with Gasteiger partial charge in [0.1, 0.15) is 11.5 Å². The monoisotopic (exact) mass is 399 g/mol. The first-order valence-corrected chi connectivity index (χ1v) is 10.2. The number of aromatic nitrogens is 2. The van der Waals surface area contributed by atoms with Gasteiger partial charge >= 0.3 is 0 Å². The van der Waals surface area contributed by atoms with Crippen LogP contribution in [0.2, 0.25) is 0 Å². The molecule has 0 bridgehead atoms. The van der Waals surface area contributed by atoms with Crippen molar-refractivity contribution < 1.29 is 14.3 Å². The molecule has 0 amide bonds. The number of ether oxygens (including phenoxy) is 1. The molecule has 2 aromatic carbocycles. The van der Waals surface area contributed by atoms with Gasteiger partial charge in [0.25, 0.3) is 0 Å². The Morgan fingerprint density at radius 3 is 2.67 bits per heavy atom. The molecule has 5 rings (SSSR count). The number of rotatable bonds is 5. The molecule has 2 aliphatic rings. The lowest BCUT2D eigenvalue weighted by molar-refractivity contribution is -0.117. The Morgan fingerprint density at radius 2 is 1.90 bits per heavy atom. The third-order valence-electron chi connectivity index (χ3n) is 5.70. The number of ketones is 2. The number of imidazole rings is 1. The van der Waals surface area contributed by atoms with Crippen LogP contribution < -0.4 is 4.74 Å². The molecule has 30 heavy (non-hydrogen) atoms. The topological polar surface area (TPSA) is 84.4 Å². The maximum Gasteiger partial charge on any atom is 0.228 e. The number of hydrogen-bond donors (Lipinski definition) is 1. The Balaban J connectivity index is 1.35. The van der Waals surface area contributed by atoms with Crippen LogP contribution in [0.15, 0.2) is 65.0 Å². The zero-order valence-electron chi connectivity index (χ0n) is 16.4. The third-order valence-corrected chi connectivity index (χ3v) is 5.70. The zero-order valence-corrected chi connectivity index (χ0v) is 16.4. The number of benzene rings is 2. The number of hydrogen-bond acceptors (Lipinski definition) is 5. The molecule has 1 N–H and O–H groups in total. The van der Waals surface area contributed by atoms with E-state index in [0.717, 1.165) is 35.9 Å². The molecular weight excluding hydrogens is 378 g/mol. The minimum absolute atomic E-state index is 0.169. The number of Topliss-reactive ketones (excluding diaryl/α,β-unsaturated/α-hetero) is 1. The summed E-state index contributed by atoms with van der Waals surface area (Å²) in [6.45, 7) is 0. The molecule has 2 heterocycles. The van der Waals surface area contributed by atoms with Gasteiger partial charge in [0.05, 0.1) is 11.0 Å². The van der Waals surface area contributed by atoms with Gasteiger partial charge in [-0.3, -0.25) is 9.59 Å². The molecule has 1 aliphatic heterocycles. The van der Waals surface area contributed by atoms with Gasteiger partial charge in [-0.15, -0.1) is 0 Å². The lowest BCUT2D eigenvalue weighted by Crippen LogP contribution is -2.11. The Bertz CT molecular complexity index is 1150. The van der Waals surface area contributed by atoms with E-state index in [0.29, 0.717) is 41.6 Å². The summed E-state index contributed by atoms with van der Waals surface area (Å²) in [6, 6.07) is 14.6. The van der Waals surface area contributed by atoms with Crippen LogP contribution in [0.5, 0.6) is 5.75 Å². The number of nitrogens with one attached hydrogen (secondary N) is 1. The summed E-state index contributed by atoms with van der Waals surface area (Å²) in [6.07, 6.45) is 5.71. The van der Waals surface area contributed by atoms with Crippen molar-refractivity contribution in [1.82, 2.24) is 9.97 Å². The Morgan fingerprint density at radius 1 is 1.07 bits per heavy atom. The molecule has 1 aliphatic carbocycles. The molecule has 0 radical (unpaired) electrons. The van der Waals surface area contributed by atoms with Gasteiger partial charge in [0.2, 0.25) is 11.7 Å². The van der Waals surface area contributed by atoms with Gasteiger partial charge < -0.3 is 9.72 Å². The fourth-order valence-corrected chi connectivity index (χ4v) is 4.12. The first-order chi connectivity index (χ1) is 14.7. The van der Waals surface area contributed by atoms with Gasteiger partial charge in [0, 0.05) is 24.6 Å². The van der Waals surface area contributed by atoms with Gasteiger partial charge in [-0.1, -0.05) is 12.1 Å². The van der Waals surface area contributed by atoms with E-state index in [1.54, 1.807) is 24.3 Å². The van der Waals surface area contributed by atoms with Crippen molar-refractivity contribution in [3.8, 4) is 5.75 Å². The van der Waals surface area contributed by atoms with Crippen LogP contribution in [0.3, 0.4) is 0 Å². The highest BCUT2D eigenvalue weighted by atomic mass is 16.5. The molecule has 1 fully saturated rings. The largest absolute Gasteiger partial charge is 0.439 e. The quantitative estimate of drug-likeness (QED) is 0.635. The van der Waals surface area contributed by atoms with E-state index in [1.165, 1.54) is 0 Å². The number of carbonyl (C=O) groups is 2. The molecule has 1 atom stereocenters. The van der Waals surface area contributed by atoms with Crippen LogP contribution in [0.4, 0.5) is 0 Å².